The number of rotatable bonds is 4. The van der Waals surface area contributed by atoms with Crippen molar-refractivity contribution in [2.24, 2.45) is 0 Å². The van der Waals surface area contributed by atoms with Gasteiger partial charge in [-0.2, -0.15) is 0 Å². The Morgan fingerprint density at radius 1 is 1.79 bits per heavy atom. The van der Waals surface area contributed by atoms with Crippen LogP contribution in [0.4, 0.5) is 0 Å². The van der Waals surface area contributed by atoms with Gasteiger partial charge in [0.2, 0.25) is 5.91 Å². The summed E-state index contributed by atoms with van der Waals surface area (Å²) in [5.41, 5.74) is 0. The highest BCUT2D eigenvalue weighted by Gasteiger charge is 2.25. The van der Waals surface area contributed by atoms with Crippen molar-refractivity contribution < 1.29 is 4.79 Å². The van der Waals surface area contributed by atoms with Crippen LogP contribution in [0, 0.1) is 0 Å². The molecule has 1 fully saturated rings. The van der Waals surface area contributed by atoms with Crippen LogP contribution in [-0.2, 0) is 4.79 Å². The molecule has 4 nitrogen and oxygen atoms in total. The van der Waals surface area contributed by atoms with Gasteiger partial charge in [0, 0.05) is 25.5 Å². The third-order valence-corrected chi connectivity index (χ3v) is 3.17. The molecule has 1 aromatic heterocycles. The lowest BCUT2D eigenvalue weighted by molar-refractivity contribution is -0.118. The molecule has 2 rings (SSSR count). The highest BCUT2D eigenvalue weighted by atomic mass is 32.2. The zero-order chi connectivity index (χ0) is 9.97. The van der Waals surface area contributed by atoms with Crippen LogP contribution in [0.3, 0.4) is 0 Å². The van der Waals surface area contributed by atoms with Crippen molar-refractivity contribution in [2.75, 3.05) is 12.8 Å². The summed E-state index contributed by atoms with van der Waals surface area (Å²) in [6.45, 7) is 0. The van der Waals surface area contributed by atoms with E-state index in [1.54, 1.807) is 13.2 Å². The summed E-state index contributed by atoms with van der Waals surface area (Å²) in [5, 5.41) is 3.55. The standard InChI is InChI=1S/C9H13N3OS/c1-10-8(13)6-14-9-11-4-5-12(9)7-2-3-7/h4-5,7H,2-3,6H2,1H3,(H,10,13). The fraction of sp³-hybridized carbons (Fsp3) is 0.556. The smallest absolute Gasteiger partial charge is 0.230 e. The molecule has 1 aliphatic carbocycles. The molecule has 1 aromatic rings. The van der Waals surface area contributed by atoms with Gasteiger partial charge in [0.15, 0.2) is 5.16 Å². The summed E-state index contributed by atoms with van der Waals surface area (Å²) in [4.78, 5) is 15.3. The first-order valence-corrected chi connectivity index (χ1v) is 5.66. The van der Waals surface area contributed by atoms with Gasteiger partial charge in [-0.1, -0.05) is 11.8 Å². The Balaban J connectivity index is 1.94. The normalized spacial score (nSPS) is 15.5. The molecular weight excluding hydrogens is 198 g/mol. The first kappa shape index (κ1) is 9.58. The fourth-order valence-corrected chi connectivity index (χ4v) is 2.14. The number of carbonyl (C=O) groups excluding carboxylic acids is 1. The van der Waals surface area contributed by atoms with E-state index in [2.05, 4.69) is 14.9 Å². The molecule has 1 N–H and O–H groups in total. The van der Waals surface area contributed by atoms with Crippen molar-refractivity contribution in [3.63, 3.8) is 0 Å². The number of thioether (sulfide) groups is 1. The molecule has 0 radical (unpaired) electrons. The van der Waals surface area contributed by atoms with Crippen LogP contribution in [0.15, 0.2) is 17.6 Å². The number of hydrogen-bond donors (Lipinski definition) is 1. The number of carbonyl (C=O) groups is 1. The molecule has 0 aliphatic heterocycles. The van der Waals surface area contributed by atoms with Crippen molar-refractivity contribution in [1.29, 1.82) is 0 Å². The van der Waals surface area contributed by atoms with Crippen LogP contribution in [0.5, 0.6) is 0 Å². The molecule has 0 aromatic carbocycles. The zero-order valence-electron chi connectivity index (χ0n) is 8.06. The maximum absolute atomic E-state index is 11.0. The van der Waals surface area contributed by atoms with Crippen LogP contribution < -0.4 is 5.32 Å². The third-order valence-electron chi connectivity index (χ3n) is 2.18. The highest BCUT2D eigenvalue weighted by Crippen LogP contribution is 2.37. The molecule has 0 bridgehead atoms. The van der Waals surface area contributed by atoms with Gasteiger partial charge in [-0.05, 0) is 12.8 Å². The molecule has 0 atom stereocenters. The second-order valence-corrected chi connectivity index (χ2v) is 4.25. The van der Waals surface area contributed by atoms with Gasteiger partial charge < -0.3 is 9.88 Å². The fourth-order valence-electron chi connectivity index (χ4n) is 1.24. The van der Waals surface area contributed by atoms with Crippen molar-refractivity contribution in [2.45, 2.75) is 24.0 Å². The van der Waals surface area contributed by atoms with Crippen molar-refractivity contribution in [1.82, 2.24) is 14.9 Å². The van der Waals surface area contributed by atoms with Crippen LogP contribution in [0.1, 0.15) is 18.9 Å². The van der Waals surface area contributed by atoms with Crippen LogP contribution in [-0.4, -0.2) is 28.3 Å². The molecule has 0 spiro atoms. The van der Waals surface area contributed by atoms with Gasteiger partial charge in [-0.3, -0.25) is 4.79 Å². The average Bonchev–Trinajstić information content (AvgIpc) is 2.94. The zero-order valence-corrected chi connectivity index (χ0v) is 8.88. The number of imidazole rings is 1. The first-order chi connectivity index (χ1) is 6.81. The van der Waals surface area contributed by atoms with Gasteiger partial charge in [-0.25, -0.2) is 4.98 Å². The van der Waals surface area contributed by atoms with E-state index in [0.717, 1.165) is 5.16 Å². The lowest BCUT2D eigenvalue weighted by Crippen LogP contribution is -2.20. The van der Waals surface area contributed by atoms with E-state index < -0.39 is 0 Å². The molecule has 5 heteroatoms. The Morgan fingerprint density at radius 2 is 2.57 bits per heavy atom. The molecular formula is C9H13N3OS. The molecule has 0 unspecified atom stereocenters. The molecule has 1 amide bonds. The van der Waals surface area contributed by atoms with E-state index in [1.807, 2.05) is 6.20 Å². The predicted molar refractivity (Wildman–Crippen MR) is 55.3 cm³/mol. The van der Waals surface area contributed by atoms with Gasteiger partial charge >= 0.3 is 0 Å². The number of amides is 1. The summed E-state index contributed by atoms with van der Waals surface area (Å²) in [5.74, 6) is 0.487. The second-order valence-electron chi connectivity index (χ2n) is 3.31. The van der Waals surface area contributed by atoms with Crippen molar-refractivity contribution >= 4 is 17.7 Å². The molecule has 76 valence electrons. The number of nitrogens with zero attached hydrogens (tertiary/aromatic N) is 2. The Morgan fingerprint density at radius 3 is 3.21 bits per heavy atom. The predicted octanol–water partition coefficient (Wildman–Crippen LogP) is 1.06. The van der Waals surface area contributed by atoms with E-state index in [-0.39, 0.29) is 5.91 Å². The molecule has 0 saturated heterocycles. The van der Waals surface area contributed by atoms with Crippen molar-refractivity contribution in [3.05, 3.63) is 12.4 Å². The monoisotopic (exact) mass is 211 g/mol. The maximum atomic E-state index is 11.0. The number of nitrogens with one attached hydrogen (secondary N) is 1. The van der Waals surface area contributed by atoms with Crippen LogP contribution in [0.25, 0.3) is 0 Å². The number of aromatic nitrogens is 2. The van der Waals surface area contributed by atoms with Crippen LogP contribution in [0.2, 0.25) is 0 Å². The van der Waals surface area contributed by atoms with Gasteiger partial charge in [-0.15, -0.1) is 0 Å². The second kappa shape index (κ2) is 4.04. The average molecular weight is 211 g/mol. The summed E-state index contributed by atoms with van der Waals surface area (Å²) >= 11 is 1.49. The largest absolute Gasteiger partial charge is 0.358 e. The molecule has 1 heterocycles. The van der Waals surface area contributed by atoms with Gasteiger partial charge in [0.25, 0.3) is 0 Å². The lowest BCUT2D eigenvalue weighted by Gasteiger charge is -2.04. The Kier molecular flexibility index (Phi) is 2.77. The summed E-state index contributed by atoms with van der Waals surface area (Å²) in [6.07, 6.45) is 6.27. The van der Waals surface area contributed by atoms with Gasteiger partial charge in [0.05, 0.1) is 5.75 Å². The van der Waals surface area contributed by atoms with Crippen molar-refractivity contribution in [3.8, 4) is 0 Å². The summed E-state index contributed by atoms with van der Waals surface area (Å²) < 4.78 is 2.16. The molecule has 1 aliphatic rings. The first-order valence-electron chi connectivity index (χ1n) is 4.67. The lowest BCUT2D eigenvalue weighted by atomic mass is 10.7. The Hall–Kier alpha value is -0.970. The van der Waals surface area contributed by atoms with Gasteiger partial charge in [0.1, 0.15) is 0 Å². The maximum Gasteiger partial charge on any atom is 0.230 e. The van der Waals surface area contributed by atoms with E-state index in [4.69, 9.17) is 0 Å². The molecule has 14 heavy (non-hydrogen) atoms. The van der Waals surface area contributed by atoms with E-state index in [0.29, 0.717) is 11.8 Å². The number of hydrogen-bond acceptors (Lipinski definition) is 3. The molecule has 1 saturated carbocycles. The Bertz CT molecular complexity index is 333. The minimum Gasteiger partial charge on any atom is -0.358 e. The SMILES string of the molecule is CNC(=O)CSc1nccn1C1CC1. The minimum atomic E-state index is 0.0420. The van der Waals surface area contributed by atoms with E-state index >= 15 is 0 Å². The van der Waals surface area contributed by atoms with E-state index in [9.17, 15) is 4.79 Å². The third kappa shape index (κ3) is 2.09. The Labute approximate surface area is 87.1 Å². The summed E-state index contributed by atoms with van der Waals surface area (Å²) in [6, 6.07) is 0.629. The summed E-state index contributed by atoms with van der Waals surface area (Å²) in [7, 11) is 1.65. The minimum absolute atomic E-state index is 0.0420. The van der Waals surface area contributed by atoms with E-state index in [1.165, 1.54) is 24.6 Å². The highest BCUT2D eigenvalue weighted by molar-refractivity contribution is 7.99. The topological polar surface area (TPSA) is 46.9 Å². The van der Waals surface area contributed by atoms with Crippen LogP contribution >= 0.6 is 11.8 Å². The quantitative estimate of drug-likeness (QED) is 0.757.